The number of benzene rings is 1. The standard InChI is InChI=1S/C19H23N3O4/c1-22-18(25)14(11-20-19(22)26)10-17(24)21-16(13-8-15(23)9-13)7-12-5-3-2-4-6-12/h2-6,11,13,15-16,23H,7-10H2,1H3,(H,20,26)(H,21,24)/t13?,15?,16-/m1/s1. The van der Waals surface area contributed by atoms with E-state index in [0.29, 0.717) is 19.3 Å². The number of hydrogen-bond donors (Lipinski definition) is 3. The van der Waals surface area contributed by atoms with Gasteiger partial charge in [0, 0.05) is 24.8 Å². The van der Waals surface area contributed by atoms with Gasteiger partial charge in [-0.2, -0.15) is 0 Å². The zero-order valence-corrected chi connectivity index (χ0v) is 14.6. The zero-order chi connectivity index (χ0) is 18.7. The first-order valence-corrected chi connectivity index (χ1v) is 8.73. The first-order chi connectivity index (χ1) is 12.4. The number of aromatic nitrogens is 2. The minimum Gasteiger partial charge on any atom is -0.393 e. The van der Waals surface area contributed by atoms with Gasteiger partial charge >= 0.3 is 5.69 Å². The number of aromatic amines is 1. The lowest BCUT2D eigenvalue weighted by Gasteiger charge is -2.38. The summed E-state index contributed by atoms with van der Waals surface area (Å²) < 4.78 is 0.951. The minimum atomic E-state index is -0.510. The second-order valence-electron chi connectivity index (χ2n) is 6.91. The van der Waals surface area contributed by atoms with Gasteiger partial charge in [0.2, 0.25) is 5.91 Å². The third kappa shape index (κ3) is 4.11. The summed E-state index contributed by atoms with van der Waals surface area (Å²) in [6.45, 7) is 0. The third-order valence-electron chi connectivity index (χ3n) is 4.97. The number of carbonyl (C=O) groups excluding carboxylic acids is 1. The lowest BCUT2D eigenvalue weighted by Crippen LogP contribution is -2.49. The van der Waals surface area contributed by atoms with Crippen molar-refractivity contribution in [1.29, 1.82) is 0 Å². The highest BCUT2D eigenvalue weighted by Crippen LogP contribution is 2.31. The van der Waals surface area contributed by atoms with Gasteiger partial charge in [0.05, 0.1) is 12.5 Å². The molecule has 0 radical (unpaired) electrons. The maximum Gasteiger partial charge on any atom is 0.328 e. The van der Waals surface area contributed by atoms with E-state index in [2.05, 4.69) is 10.3 Å². The van der Waals surface area contributed by atoms with Crippen molar-refractivity contribution in [2.24, 2.45) is 13.0 Å². The van der Waals surface area contributed by atoms with Gasteiger partial charge in [0.25, 0.3) is 5.56 Å². The predicted octanol–water partition coefficient (Wildman–Crippen LogP) is 0.114. The fourth-order valence-electron chi connectivity index (χ4n) is 3.33. The molecule has 1 heterocycles. The van der Waals surface area contributed by atoms with Crippen molar-refractivity contribution in [3.63, 3.8) is 0 Å². The number of nitrogens with zero attached hydrogens (tertiary/aromatic N) is 1. The van der Waals surface area contributed by atoms with Crippen LogP contribution in [0, 0.1) is 5.92 Å². The van der Waals surface area contributed by atoms with Crippen LogP contribution < -0.4 is 16.6 Å². The molecule has 26 heavy (non-hydrogen) atoms. The van der Waals surface area contributed by atoms with E-state index in [4.69, 9.17) is 0 Å². The number of aliphatic hydroxyl groups is 1. The van der Waals surface area contributed by atoms with Gasteiger partial charge in [-0.3, -0.25) is 14.2 Å². The fraction of sp³-hybridized carbons (Fsp3) is 0.421. The molecule has 1 aliphatic rings. The Hall–Kier alpha value is -2.67. The van der Waals surface area contributed by atoms with Crippen molar-refractivity contribution in [2.75, 3.05) is 0 Å². The van der Waals surface area contributed by atoms with Gasteiger partial charge in [0.1, 0.15) is 0 Å². The number of nitrogens with one attached hydrogen (secondary N) is 2. The van der Waals surface area contributed by atoms with Gasteiger partial charge in [-0.25, -0.2) is 4.79 Å². The first-order valence-electron chi connectivity index (χ1n) is 8.73. The molecule has 0 bridgehead atoms. The summed E-state index contributed by atoms with van der Waals surface area (Å²) in [5, 5.41) is 12.6. The van der Waals surface area contributed by atoms with Gasteiger partial charge in [0.15, 0.2) is 0 Å². The quantitative estimate of drug-likeness (QED) is 0.683. The minimum absolute atomic E-state index is 0.0932. The molecule has 0 saturated heterocycles. The van der Waals surface area contributed by atoms with Crippen molar-refractivity contribution in [2.45, 2.75) is 37.8 Å². The molecule has 0 spiro atoms. The Labute approximate surface area is 150 Å². The van der Waals surface area contributed by atoms with Gasteiger partial charge in [-0.15, -0.1) is 0 Å². The molecule has 138 valence electrons. The van der Waals surface area contributed by atoms with Crippen LogP contribution in [0.25, 0.3) is 0 Å². The van der Waals surface area contributed by atoms with E-state index >= 15 is 0 Å². The Kier molecular flexibility index (Phi) is 5.37. The Morgan fingerprint density at radius 1 is 1.31 bits per heavy atom. The molecular formula is C19H23N3O4. The molecule has 0 unspecified atom stereocenters. The molecule has 1 aromatic carbocycles. The average molecular weight is 357 g/mol. The number of H-pyrrole nitrogens is 1. The van der Waals surface area contributed by atoms with E-state index in [9.17, 15) is 19.5 Å². The second kappa shape index (κ2) is 7.70. The van der Waals surface area contributed by atoms with Crippen LogP contribution in [-0.4, -0.2) is 32.7 Å². The van der Waals surface area contributed by atoms with Crippen molar-refractivity contribution in [1.82, 2.24) is 14.9 Å². The SMILES string of the molecule is Cn1c(=O)[nH]cc(CC(=O)N[C@H](Cc2ccccc2)C2CC(O)C2)c1=O. The van der Waals surface area contributed by atoms with Crippen molar-refractivity contribution in [3.8, 4) is 0 Å². The van der Waals surface area contributed by atoms with E-state index in [0.717, 1.165) is 10.1 Å². The number of aliphatic hydroxyl groups excluding tert-OH is 1. The summed E-state index contributed by atoms with van der Waals surface area (Å²) in [4.78, 5) is 38.4. The molecule has 3 N–H and O–H groups in total. The summed E-state index contributed by atoms with van der Waals surface area (Å²) in [6, 6.07) is 9.76. The number of amides is 1. The van der Waals surface area contributed by atoms with Crippen LogP contribution in [0.1, 0.15) is 24.0 Å². The Balaban J connectivity index is 1.70. The van der Waals surface area contributed by atoms with Gasteiger partial charge in [-0.1, -0.05) is 30.3 Å². The van der Waals surface area contributed by atoms with E-state index in [1.165, 1.54) is 13.2 Å². The van der Waals surface area contributed by atoms with Crippen molar-refractivity contribution >= 4 is 5.91 Å². The van der Waals surface area contributed by atoms with Crippen LogP contribution in [-0.2, 0) is 24.7 Å². The van der Waals surface area contributed by atoms with Gasteiger partial charge in [-0.05, 0) is 30.7 Å². The topological polar surface area (TPSA) is 104 Å². The highest BCUT2D eigenvalue weighted by atomic mass is 16.3. The van der Waals surface area contributed by atoms with E-state index in [1.54, 1.807) is 0 Å². The van der Waals surface area contributed by atoms with Crippen LogP contribution >= 0.6 is 0 Å². The molecule has 1 atom stereocenters. The van der Waals surface area contributed by atoms with Crippen LogP contribution in [0.3, 0.4) is 0 Å². The van der Waals surface area contributed by atoms with Crippen molar-refractivity contribution in [3.05, 3.63) is 68.5 Å². The first kappa shape index (κ1) is 18.1. The van der Waals surface area contributed by atoms with Crippen molar-refractivity contribution < 1.29 is 9.90 Å². The highest BCUT2D eigenvalue weighted by molar-refractivity contribution is 5.78. The lowest BCUT2D eigenvalue weighted by molar-refractivity contribution is -0.122. The van der Waals surface area contributed by atoms with E-state index in [-0.39, 0.29) is 36.0 Å². The normalized spacial score (nSPS) is 20.2. The molecular weight excluding hydrogens is 334 g/mol. The van der Waals surface area contributed by atoms with Crippen LogP contribution in [0.4, 0.5) is 0 Å². The maximum absolute atomic E-state index is 12.5. The van der Waals surface area contributed by atoms with Crippen LogP contribution in [0.5, 0.6) is 0 Å². The Morgan fingerprint density at radius 3 is 2.65 bits per heavy atom. The smallest absolute Gasteiger partial charge is 0.328 e. The fourth-order valence-corrected chi connectivity index (χ4v) is 3.33. The Bertz CT molecular complexity index is 882. The third-order valence-corrected chi connectivity index (χ3v) is 4.97. The Morgan fingerprint density at radius 2 is 2.00 bits per heavy atom. The lowest BCUT2D eigenvalue weighted by atomic mass is 9.75. The molecule has 1 amide bonds. The molecule has 1 saturated carbocycles. The van der Waals surface area contributed by atoms with E-state index in [1.807, 2.05) is 30.3 Å². The highest BCUT2D eigenvalue weighted by Gasteiger charge is 2.34. The second-order valence-corrected chi connectivity index (χ2v) is 6.91. The molecule has 7 heteroatoms. The molecule has 7 nitrogen and oxygen atoms in total. The molecule has 1 aromatic heterocycles. The van der Waals surface area contributed by atoms with Crippen LogP contribution in [0.2, 0.25) is 0 Å². The molecule has 2 aromatic rings. The summed E-state index contributed by atoms with van der Waals surface area (Å²) in [5.41, 5.74) is 0.378. The zero-order valence-electron chi connectivity index (χ0n) is 14.6. The monoisotopic (exact) mass is 357 g/mol. The molecule has 1 fully saturated rings. The molecule has 3 rings (SSSR count). The van der Waals surface area contributed by atoms with Gasteiger partial charge < -0.3 is 15.4 Å². The maximum atomic E-state index is 12.5. The number of hydrogen-bond acceptors (Lipinski definition) is 4. The largest absolute Gasteiger partial charge is 0.393 e. The molecule has 1 aliphatic carbocycles. The summed E-state index contributed by atoms with van der Waals surface area (Å²) in [6.07, 6.45) is 2.90. The van der Waals surface area contributed by atoms with E-state index < -0.39 is 11.2 Å². The molecule has 0 aliphatic heterocycles. The summed E-state index contributed by atoms with van der Waals surface area (Å²) in [5.74, 6) is -0.0518. The average Bonchev–Trinajstić information content (AvgIpc) is 2.60. The predicted molar refractivity (Wildman–Crippen MR) is 96.8 cm³/mol. The van der Waals surface area contributed by atoms with Crippen LogP contribution in [0.15, 0.2) is 46.1 Å². The number of carbonyl (C=O) groups is 1. The summed E-state index contributed by atoms with van der Waals surface area (Å²) in [7, 11) is 1.37. The number of rotatable bonds is 6. The summed E-state index contributed by atoms with van der Waals surface area (Å²) >= 11 is 0.